The second-order valence-corrected chi connectivity index (χ2v) is 5.44. The Kier molecular flexibility index (Phi) is 4.47. The van der Waals surface area contributed by atoms with Crippen molar-refractivity contribution in [2.75, 3.05) is 19.0 Å². The molecule has 1 atom stereocenters. The van der Waals surface area contributed by atoms with E-state index in [0.717, 1.165) is 24.6 Å². The number of ether oxygens (including phenoxy) is 1. The largest absolute Gasteiger partial charge is 0.494 e. The summed E-state index contributed by atoms with van der Waals surface area (Å²) >= 11 is 1.73. The van der Waals surface area contributed by atoms with E-state index in [2.05, 4.69) is 17.2 Å². The molecule has 1 heterocycles. The molecule has 0 radical (unpaired) electrons. The number of thioether (sulfide) groups is 1. The molecule has 0 fully saturated rings. The first-order valence-electron chi connectivity index (χ1n) is 6.04. The summed E-state index contributed by atoms with van der Waals surface area (Å²) < 4.78 is 18.4. The predicted molar refractivity (Wildman–Crippen MR) is 75.2 cm³/mol. The molecule has 1 unspecified atom stereocenters. The van der Waals surface area contributed by atoms with E-state index in [1.807, 2.05) is 0 Å². The zero-order chi connectivity index (χ0) is 13.0. The van der Waals surface area contributed by atoms with Crippen molar-refractivity contribution in [3.05, 3.63) is 24.0 Å². The highest BCUT2D eigenvalue weighted by Crippen LogP contribution is 2.27. The number of hydrogen-bond acceptors (Lipinski definition) is 4. The standard InChI is InChI=1S/C13H17FN2OS/c1-3-4-10-8-15-13(18-10)16-9-5-6-12(17-2)11(14)7-9/h5-7,10H,3-4,8H2,1-2H3,(H,15,16). The SMILES string of the molecule is CCCC1CN=C(Nc2ccc(OC)c(F)c2)S1. The van der Waals surface area contributed by atoms with Gasteiger partial charge < -0.3 is 10.1 Å². The molecular formula is C13H17FN2OS. The Morgan fingerprint density at radius 2 is 2.39 bits per heavy atom. The van der Waals surface area contributed by atoms with Gasteiger partial charge in [-0.15, -0.1) is 0 Å². The number of nitrogens with zero attached hydrogens (tertiary/aromatic N) is 1. The van der Waals surface area contributed by atoms with Gasteiger partial charge in [-0.05, 0) is 18.6 Å². The Balaban J connectivity index is 1.96. The first kappa shape index (κ1) is 13.2. The second kappa shape index (κ2) is 6.09. The van der Waals surface area contributed by atoms with Gasteiger partial charge in [0.25, 0.3) is 0 Å². The summed E-state index contributed by atoms with van der Waals surface area (Å²) in [6.07, 6.45) is 2.33. The Bertz CT molecular complexity index is 451. The Morgan fingerprint density at radius 1 is 1.56 bits per heavy atom. The predicted octanol–water partition coefficient (Wildman–Crippen LogP) is 3.52. The number of nitrogens with one attached hydrogen (secondary N) is 1. The van der Waals surface area contributed by atoms with E-state index in [1.165, 1.54) is 13.2 Å². The summed E-state index contributed by atoms with van der Waals surface area (Å²) in [5.41, 5.74) is 0.705. The summed E-state index contributed by atoms with van der Waals surface area (Å²) in [4.78, 5) is 4.42. The van der Waals surface area contributed by atoms with E-state index in [-0.39, 0.29) is 11.6 Å². The highest BCUT2D eigenvalue weighted by molar-refractivity contribution is 8.15. The van der Waals surface area contributed by atoms with Gasteiger partial charge in [0, 0.05) is 17.0 Å². The van der Waals surface area contributed by atoms with Crippen molar-refractivity contribution in [3.63, 3.8) is 0 Å². The molecule has 0 saturated carbocycles. The van der Waals surface area contributed by atoms with E-state index >= 15 is 0 Å². The van der Waals surface area contributed by atoms with E-state index in [0.29, 0.717) is 10.9 Å². The molecular weight excluding hydrogens is 251 g/mol. The van der Waals surface area contributed by atoms with Gasteiger partial charge >= 0.3 is 0 Å². The maximum atomic E-state index is 13.5. The van der Waals surface area contributed by atoms with Crippen molar-refractivity contribution >= 4 is 22.6 Å². The lowest BCUT2D eigenvalue weighted by Gasteiger charge is -2.09. The maximum Gasteiger partial charge on any atom is 0.167 e. The molecule has 98 valence electrons. The van der Waals surface area contributed by atoms with Crippen molar-refractivity contribution in [2.24, 2.45) is 4.99 Å². The molecule has 0 aromatic heterocycles. The van der Waals surface area contributed by atoms with E-state index in [4.69, 9.17) is 4.74 Å². The molecule has 1 aliphatic heterocycles. The van der Waals surface area contributed by atoms with E-state index in [1.54, 1.807) is 23.9 Å². The van der Waals surface area contributed by atoms with Gasteiger partial charge in [-0.25, -0.2) is 4.39 Å². The summed E-state index contributed by atoms with van der Waals surface area (Å²) in [5, 5.41) is 4.57. The lowest BCUT2D eigenvalue weighted by molar-refractivity contribution is 0.387. The van der Waals surface area contributed by atoms with Gasteiger partial charge in [-0.1, -0.05) is 25.1 Å². The van der Waals surface area contributed by atoms with Crippen molar-refractivity contribution in [1.29, 1.82) is 0 Å². The van der Waals surface area contributed by atoms with Crippen molar-refractivity contribution in [3.8, 4) is 5.75 Å². The number of amidine groups is 1. The van der Waals surface area contributed by atoms with Crippen LogP contribution in [0.15, 0.2) is 23.2 Å². The quantitative estimate of drug-likeness (QED) is 0.907. The highest BCUT2D eigenvalue weighted by atomic mass is 32.2. The normalized spacial score (nSPS) is 18.6. The number of benzene rings is 1. The zero-order valence-corrected chi connectivity index (χ0v) is 11.4. The highest BCUT2D eigenvalue weighted by Gasteiger charge is 2.18. The molecule has 0 spiro atoms. The molecule has 0 aliphatic carbocycles. The zero-order valence-electron chi connectivity index (χ0n) is 10.6. The summed E-state index contributed by atoms with van der Waals surface area (Å²) in [6, 6.07) is 4.83. The average molecular weight is 268 g/mol. The van der Waals surface area contributed by atoms with Crippen molar-refractivity contribution in [2.45, 2.75) is 25.0 Å². The smallest absolute Gasteiger partial charge is 0.167 e. The third-order valence-electron chi connectivity index (χ3n) is 2.73. The van der Waals surface area contributed by atoms with Gasteiger partial charge in [0.15, 0.2) is 16.7 Å². The summed E-state index contributed by atoms with van der Waals surface area (Å²) in [6.45, 7) is 3.02. The molecule has 1 aromatic carbocycles. The molecule has 1 aromatic rings. The van der Waals surface area contributed by atoms with Crippen molar-refractivity contribution in [1.82, 2.24) is 0 Å². The fraction of sp³-hybridized carbons (Fsp3) is 0.462. The van der Waals surface area contributed by atoms with Gasteiger partial charge in [0.2, 0.25) is 0 Å². The van der Waals surface area contributed by atoms with E-state index < -0.39 is 0 Å². The third kappa shape index (κ3) is 3.16. The van der Waals surface area contributed by atoms with Crippen LogP contribution in [0.2, 0.25) is 0 Å². The first-order valence-corrected chi connectivity index (χ1v) is 6.92. The lowest BCUT2D eigenvalue weighted by Crippen LogP contribution is -2.07. The fourth-order valence-electron chi connectivity index (χ4n) is 1.83. The van der Waals surface area contributed by atoms with Crippen LogP contribution in [0.25, 0.3) is 0 Å². The number of anilines is 1. The molecule has 0 bridgehead atoms. The van der Waals surface area contributed by atoms with Crippen LogP contribution in [0.3, 0.4) is 0 Å². The summed E-state index contributed by atoms with van der Waals surface area (Å²) in [5.74, 6) is -0.110. The van der Waals surface area contributed by atoms with Crippen LogP contribution in [0.4, 0.5) is 10.1 Å². The first-order chi connectivity index (χ1) is 8.72. The molecule has 1 N–H and O–H groups in total. The van der Waals surface area contributed by atoms with Gasteiger partial charge in [0.1, 0.15) is 0 Å². The lowest BCUT2D eigenvalue weighted by atomic mass is 10.2. The van der Waals surface area contributed by atoms with Gasteiger partial charge in [-0.2, -0.15) is 0 Å². The minimum Gasteiger partial charge on any atom is -0.494 e. The molecule has 0 amide bonds. The Labute approximate surface area is 111 Å². The Morgan fingerprint density at radius 3 is 3.06 bits per heavy atom. The van der Waals surface area contributed by atoms with E-state index in [9.17, 15) is 4.39 Å². The number of methoxy groups -OCH3 is 1. The minimum atomic E-state index is -0.365. The molecule has 18 heavy (non-hydrogen) atoms. The van der Waals surface area contributed by atoms with Crippen LogP contribution in [-0.2, 0) is 0 Å². The van der Waals surface area contributed by atoms with Crippen LogP contribution in [0, 0.1) is 5.82 Å². The fourth-order valence-corrected chi connectivity index (χ4v) is 2.97. The molecule has 2 rings (SSSR count). The second-order valence-electron chi connectivity index (χ2n) is 4.15. The van der Waals surface area contributed by atoms with Crippen LogP contribution in [0.1, 0.15) is 19.8 Å². The molecule has 5 heteroatoms. The monoisotopic (exact) mass is 268 g/mol. The number of hydrogen-bond donors (Lipinski definition) is 1. The summed E-state index contributed by atoms with van der Waals surface area (Å²) in [7, 11) is 1.46. The van der Waals surface area contributed by atoms with Gasteiger partial charge in [0.05, 0.1) is 13.7 Å². The molecule has 1 aliphatic rings. The average Bonchev–Trinajstić information content (AvgIpc) is 2.77. The number of rotatable bonds is 4. The van der Waals surface area contributed by atoms with Crippen LogP contribution in [0.5, 0.6) is 5.75 Å². The molecule has 3 nitrogen and oxygen atoms in total. The van der Waals surface area contributed by atoms with Crippen LogP contribution in [-0.4, -0.2) is 24.1 Å². The number of halogens is 1. The number of aliphatic imine (C=N–C) groups is 1. The maximum absolute atomic E-state index is 13.5. The third-order valence-corrected chi connectivity index (χ3v) is 3.90. The topological polar surface area (TPSA) is 33.6 Å². The minimum absolute atomic E-state index is 0.255. The molecule has 0 saturated heterocycles. The Hall–Kier alpha value is -1.23. The van der Waals surface area contributed by atoms with Gasteiger partial charge in [-0.3, -0.25) is 4.99 Å². The van der Waals surface area contributed by atoms with Crippen molar-refractivity contribution < 1.29 is 9.13 Å². The van der Waals surface area contributed by atoms with Crippen LogP contribution < -0.4 is 10.1 Å². The van der Waals surface area contributed by atoms with Crippen LogP contribution >= 0.6 is 11.8 Å².